The molecule has 0 spiro atoms. The van der Waals surface area contributed by atoms with Gasteiger partial charge in [-0.1, -0.05) is 48.5 Å². The molecule has 0 saturated heterocycles. The molecule has 4 heteroatoms. The predicted molar refractivity (Wildman–Crippen MR) is 92.7 cm³/mol. The van der Waals surface area contributed by atoms with Crippen LogP contribution in [0.4, 0.5) is 0 Å². The van der Waals surface area contributed by atoms with Crippen LogP contribution in [0.3, 0.4) is 0 Å². The van der Waals surface area contributed by atoms with Crippen molar-refractivity contribution in [2.45, 2.75) is 13.8 Å². The minimum absolute atomic E-state index is 0.259. The Morgan fingerprint density at radius 1 is 1.09 bits per heavy atom. The first kappa shape index (κ1) is 14.9. The molecule has 23 heavy (non-hydrogen) atoms. The quantitative estimate of drug-likeness (QED) is 0.593. The van der Waals surface area contributed by atoms with E-state index in [1.165, 1.54) is 0 Å². The molecule has 0 aliphatic rings. The third kappa shape index (κ3) is 3.26. The molecule has 1 amide bonds. The third-order valence-electron chi connectivity index (χ3n) is 3.66. The van der Waals surface area contributed by atoms with Gasteiger partial charge in [0, 0.05) is 5.39 Å². The molecule has 0 atom stereocenters. The fourth-order valence-corrected chi connectivity index (χ4v) is 2.43. The Kier molecular flexibility index (Phi) is 4.15. The fraction of sp³-hybridized carbons (Fsp3) is 0.105. The number of para-hydroxylation sites is 1. The fourth-order valence-electron chi connectivity index (χ4n) is 2.43. The molecule has 0 saturated carbocycles. The number of pyridine rings is 1. The van der Waals surface area contributed by atoms with Gasteiger partial charge in [0.2, 0.25) is 0 Å². The molecule has 1 N–H and O–H groups in total. The summed E-state index contributed by atoms with van der Waals surface area (Å²) in [6, 6.07) is 17.4. The number of nitrogens with zero attached hydrogens (tertiary/aromatic N) is 2. The first-order chi connectivity index (χ1) is 11.1. The summed E-state index contributed by atoms with van der Waals surface area (Å²) < 4.78 is 0. The second-order valence-electron chi connectivity index (χ2n) is 5.38. The van der Waals surface area contributed by atoms with E-state index in [4.69, 9.17) is 0 Å². The molecule has 114 valence electrons. The predicted octanol–water partition coefficient (Wildman–Crippen LogP) is 3.62. The molecular weight excluding hydrogens is 286 g/mol. The van der Waals surface area contributed by atoms with Crippen molar-refractivity contribution in [3.05, 3.63) is 77.0 Å². The SMILES string of the molecule is Cc1nc2c(C)cccc2cc1C(=O)NN=Cc1ccccc1. The van der Waals surface area contributed by atoms with E-state index in [1.54, 1.807) is 6.21 Å². The summed E-state index contributed by atoms with van der Waals surface area (Å²) in [5, 5.41) is 4.96. The maximum Gasteiger partial charge on any atom is 0.273 e. The van der Waals surface area contributed by atoms with Gasteiger partial charge in [-0.05, 0) is 31.0 Å². The highest BCUT2D eigenvalue weighted by molar-refractivity contribution is 5.99. The van der Waals surface area contributed by atoms with Gasteiger partial charge in [0.25, 0.3) is 5.91 Å². The Morgan fingerprint density at radius 3 is 2.65 bits per heavy atom. The molecule has 4 nitrogen and oxygen atoms in total. The molecule has 0 bridgehead atoms. The number of carbonyl (C=O) groups is 1. The zero-order valence-electron chi connectivity index (χ0n) is 13.1. The number of nitrogens with one attached hydrogen (secondary N) is 1. The zero-order chi connectivity index (χ0) is 16.2. The van der Waals surface area contributed by atoms with Crippen molar-refractivity contribution in [3.63, 3.8) is 0 Å². The number of benzene rings is 2. The number of hydrogen-bond acceptors (Lipinski definition) is 3. The summed E-state index contributed by atoms with van der Waals surface area (Å²) in [5.74, 6) is -0.259. The second kappa shape index (κ2) is 6.40. The van der Waals surface area contributed by atoms with E-state index in [1.807, 2.05) is 68.4 Å². The van der Waals surface area contributed by atoms with Crippen LogP contribution < -0.4 is 5.43 Å². The van der Waals surface area contributed by atoms with Crippen LogP contribution in [-0.2, 0) is 0 Å². The number of aryl methyl sites for hydroxylation is 2. The highest BCUT2D eigenvalue weighted by atomic mass is 16.2. The monoisotopic (exact) mass is 303 g/mol. The summed E-state index contributed by atoms with van der Waals surface area (Å²) in [5.41, 5.74) is 6.74. The van der Waals surface area contributed by atoms with E-state index in [0.717, 1.165) is 22.0 Å². The van der Waals surface area contributed by atoms with Crippen LogP contribution in [0.5, 0.6) is 0 Å². The lowest BCUT2D eigenvalue weighted by Crippen LogP contribution is -2.19. The largest absolute Gasteiger partial charge is 0.273 e. The van der Waals surface area contributed by atoms with Crippen molar-refractivity contribution < 1.29 is 4.79 Å². The summed E-state index contributed by atoms with van der Waals surface area (Å²) in [7, 11) is 0. The van der Waals surface area contributed by atoms with Crippen LogP contribution in [-0.4, -0.2) is 17.1 Å². The molecule has 3 rings (SSSR count). The molecule has 0 aliphatic heterocycles. The summed E-state index contributed by atoms with van der Waals surface area (Å²) in [6.07, 6.45) is 1.62. The van der Waals surface area contributed by atoms with Gasteiger partial charge < -0.3 is 0 Å². The number of amides is 1. The van der Waals surface area contributed by atoms with E-state index in [9.17, 15) is 4.79 Å². The van der Waals surface area contributed by atoms with Gasteiger partial charge in [-0.25, -0.2) is 5.43 Å². The number of hydrogen-bond donors (Lipinski definition) is 1. The molecular formula is C19H17N3O. The topological polar surface area (TPSA) is 54.4 Å². The normalized spacial score (nSPS) is 11.0. The molecule has 2 aromatic carbocycles. The van der Waals surface area contributed by atoms with Crippen molar-refractivity contribution in [1.82, 2.24) is 10.4 Å². The average Bonchev–Trinajstić information content (AvgIpc) is 2.56. The Balaban J connectivity index is 1.83. The van der Waals surface area contributed by atoms with Crippen LogP contribution in [0.2, 0.25) is 0 Å². The summed E-state index contributed by atoms with van der Waals surface area (Å²) >= 11 is 0. The lowest BCUT2D eigenvalue weighted by atomic mass is 10.1. The van der Waals surface area contributed by atoms with Gasteiger partial charge in [-0.15, -0.1) is 0 Å². The number of fused-ring (bicyclic) bond motifs is 1. The van der Waals surface area contributed by atoms with E-state index in [-0.39, 0.29) is 5.91 Å². The second-order valence-corrected chi connectivity index (χ2v) is 5.38. The molecule has 3 aromatic rings. The maximum absolute atomic E-state index is 12.3. The van der Waals surface area contributed by atoms with Gasteiger partial charge in [0.05, 0.1) is 23.0 Å². The minimum Gasteiger partial charge on any atom is -0.267 e. The van der Waals surface area contributed by atoms with Crippen LogP contribution in [0, 0.1) is 13.8 Å². The summed E-state index contributed by atoms with van der Waals surface area (Å²) in [6.45, 7) is 3.85. The minimum atomic E-state index is -0.259. The molecule has 0 unspecified atom stereocenters. The Labute approximate surface area is 134 Å². The molecule has 0 fully saturated rings. The first-order valence-electron chi connectivity index (χ1n) is 7.40. The van der Waals surface area contributed by atoms with Crippen LogP contribution in [0.15, 0.2) is 59.7 Å². The van der Waals surface area contributed by atoms with Gasteiger partial charge in [-0.2, -0.15) is 5.10 Å². The number of rotatable bonds is 3. The van der Waals surface area contributed by atoms with Crippen LogP contribution in [0.25, 0.3) is 10.9 Å². The van der Waals surface area contributed by atoms with Gasteiger partial charge >= 0.3 is 0 Å². The molecule has 1 heterocycles. The first-order valence-corrected chi connectivity index (χ1v) is 7.40. The van der Waals surface area contributed by atoms with Crippen molar-refractivity contribution in [1.29, 1.82) is 0 Å². The summed E-state index contributed by atoms with van der Waals surface area (Å²) in [4.78, 5) is 16.9. The Morgan fingerprint density at radius 2 is 1.87 bits per heavy atom. The van der Waals surface area contributed by atoms with Crippen LogP contribution >= 0.6 is 0 Å². The molecule has 0 aliphatic carbocycles. The molecule has 0 radical (unpaired) electrons. The van der Waals surface area contributed by atoms with E-state index >= 15 is 0 Å². The highest BCUT2D eigenvalue weighted by Crippen LogP contribution is 2.19. The van der Waals surface area contributed by atoms with E-state index in [2.05, 4.69) is 15.5 Å². The van der Waals surface area contributed by atoms with E-state index < -0.39 is 0 Å². The molecule has 1 aromatic heterocycles. The smallest absolute Gasteiger partial charge is 0.267 e. The lowest BCUT2D eigenvalue weighted by molar-refractivity contribution is 0.0954. The number of hydrazone groups is 1. The zero-order valence-corrected chi connectivity index (χ0v) is 13.1. The van der Waals surface area contributed by atoms with Crippen molar-refractivity contribution in [3.8, 4) is 0 Å². The van der Waals surface area contributed by atoms with Gasteiger partial charge in [0.15, 0.2) is 0 Å². The maximum atomic E-state index is 12.3. The van der Waals surface area contributed by atoms with Crippen molar-refractivity contribution in [2.24, 2.45) is 5.10 Å². The Hall–Kier alpha value is -3.01. The standard InChI is InChI=1S/C19H17N3O/c1-13-7-6-10-16-11-17(14(2)21-18(13)16)19(23)22-20-12-15-8-4-3-5-9-15/h3-12H,1-2H3,(H,22,23). The van der Waals surface area contributed by atoms with Crippen LogP contribution in [0.1, 0.15) is 27.2 Å². The van der Waals surface area contributed by atoms with Gasteiger partial charge in [-0.3, -0.25) is 9.78 Å². The highest BCUT2D eigenvalue weighted by Gasteiger charge is 2.11. The van der Waals surface area contributed by atoms with Crippen molar-refractivity contribution in [2.75, 3.05) is 0 Å². The van der Waals surface area contributed by atoms with E-state index in [0.29, 0.717) is 11.3 Å². The Bertz CT molecular complexity index is 886. The van der Waals surface area contributed by atoms with Crippen molar-refractivity contribution >= 4 is 23.0 Å². The third-order valence-corrected chi connectivity index (χ3v) is 3.66. The lowest BCUT2D eigenvalue weighted by Gasteiger charge is -2.07. The van der Waals surface area contributed by atoms with Gasteiger partial charge in [0.1, 0.15) is 0 Å². The number of aromatic nitrogens is 1. The average molecular weight is 303 g/mol. The number of carbonyl (C=O) groups excluding carboxylic acids is 1.